The van der Waals surface area contributed by atoms with Gasteiger partial charge in [-0.05, 0) is 131 Å². The Kier molecular flexibility index (Phi) is 33.1. The van der Waals surface area contributed by atoms with Gasteiger partial charge in [-0.1, -0.05) is 94.2 Å². The lowest BCUT2D eigenvalue weighted by atomic mass is 10.1. The van der Waals surface area contributed by atoms with Crippen LogP contribution < -0.4 is 14.2 Å². The summed E-state index contributed by atoms with van der Waals surface area (Å²) in [5.74, 6) is 1.43. The van der Waals surface area contributed by atoms with E-state index in [1.165, 1.54) is 18.2 Å². The standard InChI is InChI=1S/C57H80O12/c1-4-63-55(58)37-28-48-22-31-51(32-23-48)66-42-18-12-7-10-16-40-61-46-54(69-45-21-15-9-14-20-44-68-53-35-26-50(27-36-53)30-39-57(60)65-6-3)47-62-41-17-11-8-13-19-43-67-52-33-24-49(25-34-52)29-38-56(59)64-5-2/h22-39,54H,4-21,40-47H2,1-3H3. The molecule has 380 valence electrons. The van der Waals surface area contributed by atoms with Crippen molar-refractivity contribution in [1.82, 2.24) is 0 Å². The zero-order valence-corrected chi connectivity index (χ0v) is 41.8. The van der Waals surface area contributed by atoms with Gasteiger partial charge in [0.15, 0.2) is 0 Å². The van der Waals surface area contributed by atoms with E-state index in [4.69, 9.17) is 42.6 Å². The molecule has 0 spiro atoms. The number of esters is 3. The number of carbonyl (C=O) groups excluding carboxylic acids is 3. The highest BCUT2D eigenvalue weighted by atomic mass is 16.6. The molecule has 12 nitrogen and oxygen atoms in total. The van der Waals surface area contributed by atoms with Crippen molar-refractivity contribution >= 4 is 36.1 Å². The molecule has 0 saturated heterocycles. The molecule has 0 bridgehead atoms. The number of benzene rings is 3. The second-order valence-corrected chi connectivity index (χ2v) is 16.5. The third-order valence-electron chi connectivity index (χ3n) is 10.7. The van der Waals surface area contributed by atoms with Crippen molar-refractivity contribution < 1.29 is 57.0 Å². The highest BCUT2D eigenvalue weighted by Gasteiger charge is 2.11. The summed E-state index contributed by atoms with van der Waals surface area (Å²) in [5, 5.41) is 0. The summed E-state index contributed by atoms with van der Waals surface area (Å²) < 4.78 is 51.0. The first-order valence-electron chi connectivity index (χ1n) is 25.4. The minimum atomic E-state index is -0.345. The average Bonchev–Trinajstić information content (AvgIpc) is 3.36. The minimum Gasteiger partial charge on any atom is -0.494 e. The number of rotatable bonds is 41. The number of carbonyl (C=O) groups is 3. The van der Waals surface area contributed by atoms with Crippen molar-refractivity contribution in [3.63, 3.8) is 0 Å². The first-order chi connectivity index (χ1) is 33.9. The van der Waals surface area contributed by atoms with Crippen molar-refractivity contribution in [3.05, 3.63) is 108 Å². The fraction of sp³-hybridized carbons (Fsp3) is 0.526. The van der Waals surface area contributed by atoms with Gasteiger partial charge in [-0.15, -0.1) is 0 Å². The van der Waals surface area contributed by atoms with Crippen LogP contribution in [0.3, 0.4) is 0 Å². The van der Waals surface area contributed by atoms with Crippen LogP contribution in [-0.2, 0) is 42.8 Å². The first-order valence-corrected chi connectivity index (χ1v) is 25.4. The predicted molar refractivity (Wildman–Crippen MR) is 273 cm³/mol. The van der Waals surface area contributed by atoms with E-state index < -0.39 is 0 Å². The highest BCUT2D eigenvalue weighted by molar-refractivity contribution is 5.88. The predicted octanol–water partition coefficient (Wildman–Crippen LogP) is 12.2. The van der Waals surface area contributed by atoms with Crippen LogP contribution in [0.4, 0.5) is 0 Å². The van der Waals surface area contributed by atoms with Gasteiger partial charge in [0.25, 0.3) is 0 Å². The van der Waals surface area contributed by atoms with Crippen LogP contribution in [0.1, 0.15) is 134 Å². The van der Waals surface area contributed by atoms with E-state index in [2.05, 4.69) is 0 Å². The molecule has 0 fully saturated rings. The zero-order valence-electron chi connectivity index (χ0n) is 41.8. The molecule has 0 radical (unpaired) electrons. The molecule has 0 heterocycles. The van der Waals surface area contributed by atoms with Gasteiger partial charge < -0.3 is 42.6 Å². The van der Waals surface area contributed by atoms with E-state index in [-0.39, 0.29) is 24.0 Å². The summed E-state index contributed by atoms with van der Waals surface area (Å²) in [6, 6.07) is 23.1. The third kappa shape index (κ3) is 30.6. The van der Waals surface area contributed by atoms with Crippen LogP contribution in [-0.4, -0.2) is 96.7 Å². The maximum Gasteiger partial charge on any atom is 0.330 e. The van der Waals surface area contributed by atoms with Gasteiger partial charge >= 0.3 is 17.9 Å². The van der Waals surface area contributed by atoms with Crippen LogP contribution in [0.5, 0.6) is 17.2 Å². The Morgan fingerprint density at radius 3 is 0.957 bits per heavy atom. The fourth-order valence-electron chi connectivity index (χ4n) is 6.89. The number of ether oxygens (including phenoxy) is 9. The first kappa shape index (κ1) is 57.9. The lowest BCUT2D eigenvalue weighted by Crippen LogP contribution is -2.27. The van der Waals surface area contributed by atoms with Crippen LogP contribution >= 0.6 is 0 Å². The molecule has 3 aromatic rings. The van der Waals surface area contributed by atoms with Gasteiger partial charge in [0.1, 0.15) is 23.4 Å². The molecule has 69 heavy (non-hydrogen) atoms. The molecule has 0 atom stereocenters. The quantitative estimate of drug-likeness (QED) is 0.0232. The molecule has 0 aromatic heterocycles. The number of unbranched alkanes of at least 4 members (excludes halogenated alkanes) is 12. The maximum atomic E-state index is 11.5. The van der Waals surface area contributed by atoms with Crippen molar-refractivity contribution in [2.75, 3.05) is 72.7 Å². The SMILES string of the molecule is CCOC(=O)C=Cc1ccc(OCCCCCCCOCC(COCCCCCCCOc2ccc(C=CC(=O)OCC)cc2)OCCCCCCCOc2ccc(C=CC(=O)OCC)cc2)cc1. The van der Waals surface area contributed by atoms with Gasteiger partial charge in [-0.25, -0.2) is 14.4 Å². The Hall–Kier alpha value is -5.43. The van der Waals surface area contributed by atoms with E-state index >= 15 is 0 Å². The van der Waals surface area contributed by atoms with Crippen LogP contribution in [0.15, 0.2) is 91.0 Å². The van der Waals surface area contributed by atoms with Crippen molar-refractivity contribution in [1.29, 1.82) is 0 Å². The van der Waals surface area contributed by atoms with Gasteiger partial charge in [0, 0.05) is 38.0 Å². The monoisotopic (exact) mass is 957 g/mol. The molecular weight excluding hydrogens is 877 g/mol. The molecule has 3 aromatic carbocycles. The smallest absolute Gasteiger partial charge is 0.330 e. The minimum absolute atomic E-state index is 0.0925. The normalized spacial score (nSPS) is 11.9. The average molecular weight is 957 g/mol. The lowest BCUT2D eigenvalue weighted by Gasteiger charge is -2.18. The van der Waals surface area contributed by atoms with E-state index in [1.54, 1.807) is 39.0 Å². The Morgan fingerprint density at radius 2 is 0.652 bits per heavy atom. The van der Waals surface area contributed by atoms with Gasteiger partial charge in [-0.2, -0.15) is 0 Å². The van der Waals surface area contributed by atoms with Gasteiger partial charge in [-0.3, -0.25) is 0 Å². The van der Waals surface area contributed by atoms with Crippen molar-refractivity contribution in [3.8, 4) is 17.2 Å². The molecule has 12 heteroatoms. The van der Waals surface area contributed by atoms with E-state index in [0.29, 0.717) is 72.7 Å². The Balaban J connectivity index is 1.25. The number of hydrogen-bond donors (Lipinski definition) is 0. The molecule has 0 saturated carbocycles. The summed E-state index contributed by atoms with van der Waals surface area (Å²) in [5.41, 5.74) is 2.76. The topological polar surface area (TPSA) is 134 Å². The van der Waals surface area contributed by atoms with Crippen LogP contribution in [0.2, 0.25) is 0 Å². The van der Waals surface area contributed by atoms with Crippen LogP contribution in [0.25, 0.3) is 18.2 Å². The largest absolute Gasteiger partial charge is 0.494 e. The second kappa shape index (κ2) is 39.4. The summed E-state index contributed by atoms with van der Waals surface area (Å²) in [7, 11) is 0. The molecule has 0 unspecified atom stereocenters. The van der Waals surface area contributed by atoms with Gasteiger partial charge in [0.2, 0.25) is 0 Å². The zero-order chi connectivity index (χ0) is 49.3. The Bertz CT molecular complexity index is 1760. The van der Waals surface area contributed by atoms with Crippen LogP contribution in [0, 0.1) is 0 Å². The van der Waals surface area contributed by atoms with Crippen molar-refractivity contribution in [2.45, 2.75) is 123 Å². The molecule has 0 aliphatic heterocycles. The van der Waals surface area contributed by atoms with Crippen molar-refractivity contribution in [2.24, 2.45) is 0 Å². The third-order valence-corrected chi connectivity index (χ3v) is 10.7. The highest BCUT2D eigenvalue weighted by Crippen LogP contribution is 2.17. The molecular formula is C57H80O12. The Morgan fingerprint density at radius 1 is 0.377 bits per heavy atom. The maximum absolute atomic E-state index is 11.5. The molecule has 0 aliphatic rings. The molecule has 3 rings (SSSR count). The molecule has 0 aliphatic carbocycles. The number of hydrogen-bond acceptors (Lipinski definition) is 12. The van der Waals surface area contributed by atoms with Gasteiger partial charge in [0.05, 0.1) is 52.9 Å². The van der Waals surface area contributed by atoms with E-state index in [0.717, 1.165) is 130 Å². The Labute approximate surface area is 412 Å². The molecule has 0 amide bonds. The second-order valence-electron chi connectivity index (χ2n) is 16.5. The summed E-state index contributed by atoms with van der Waals surface area (Å²) in [4.78, 5) is 34.6. The van der Waals surface area contributed by atoms with E-state index in [9.17, 15) is 14.4 Å². The molecule has 0 N–H and O–H groups in total. The van der Waals surface area contributed by atoms with E-state index in [1.807, 2.05) is 72.8 Å². The summed E-state index contributed by atoms with van der Waals surface area (Å²) in [6.07, 6.45) is 25.4. The summed E-state index contributed by atoms with van der Waals surface area (Å²) >= 11 is 0. The summed E-state index contributed by atoms with van der Waals surface area (Å²) in [6.45, 7) is 11.6. The fourth-order valence-corrected chi connectivity index (χ4v) is 6.89. The lowest BCUT2D eigenvalue weighted by molar-refractivity contribution is -0.138.